The van der Waals surface area contributed by atoms with Crippen LogP contribution in [0, 0.1) is 0 Å². The SMILES string of the molecule is C=CCNC(CCC(=O)OC)C(O)c1ccc(Cl)cc1. The first kappa shape index (κ1) is 16.7. The Morgan fingerprint density at radius 2 is 2.15 bits per heavy atom. The van der Waals surface area contributed by atoms with E-state index in [0.29, 0.717) is 18.0 Å². The van der Waals surface area contributed by atoms with Crippen LogP contribution in [-0.4, -0.2) is 30.8 Å². The van der Waals surface area contributed by atoms with Gasteiger partial charge >= 0.3 is 5.97 Å². The molecule has 0 spiro atoms. The summed E-state index contributed by atoms with van der Waals surface area (Å²) in [6, 6.07) is 6.74. The summed E-state index contributed by atoms with van der Waals surface area (Å²) in [7, 11) is 1.35. The van der Waals surface area contributed by atoms with Gasteiger partial charge in [-0.05, 0) is 24.1 Å². The van der Waals surface area contributed by atoms with Crippen LogP contribution in [0.5, 0.6) is 0 Å². The van der Waals surface area contributed by atoms with Crippen LogP contribution in [0.2, 0.25) is 5.02 Å². The van der Waals surface area contributed by atoms with Gasteiger partial charge in [-0.3, -0.25) is 4.79 Å². The largest absolute Gasteiger partial charge is 0.469 e. The molecule has 20 heavy (non-hydrogen) atoms. The number of rotatable bonds is 8. The molecule has 1 aromatic carbocycles. The number of methoxy groups -OCH3 is 1. The number of carbonyl (C=O) groups excluding carboxylic acids is 1. The van der Waals surface area contributed by atoms with Crippen molar-refractivity contribution in [2.45, 2.75) is 25.0 Å². The van der Waals surface area contributed by atoms with E-state index in [-0.39, 0.29) is 18.4 Å². The van der Waals surface area contributed by atoms with Gasteiger partial charge in [0.2, 0.25) is 0 Å². The van der Waals surface area contributed by atoms with E-state index in [0.717, 1.165) is 5.56 Å². The van der Waals surface area contributed by atoms with Crippen molar-refractivity contribution in [3.05, 3.63) is 47.5 Å². The lowest BCUT2D eigenvalue weighted by Crippen LogP contribution is -2.35. The number of aliphatic hydroxyl groups is 1. The predicted molar refractivity (Wildman–Crippen MR) is 79.6 cm³/mol. The number of aliphatic hydroxyl groups excluding tert-OH is 1. The number of ether oxygens (including phenoxy) is 1. The molecule has 2 atom stereocenters. The molecule has 2 unspecified atom stereocenters. The second-order valence-corrected chi connectivity index (χ2v) is 4.85. The molecule has 0 amide bonds. The Hall–Kier alpha value is -1.36. The molecule has 0 aliphatic rings. The lowest BCUT2D eigenvalue weighted by atomic mass is 9.98. The number of hydrogen-bond acceptors (Lipinski definition) is 4. The number of carbonyl (C=O) groups is 1. The molecule has 110 valence electrons. The average Bonchev–Trinajstić information content (AvgIpc) is 2.47. The van der Waals surface area contributed by atoms with E-state index in [1.54, 1.807) is 30.3 Å². The molecule has 0 saturated carbocycles. The summed E-state index contributed by atoms with van der Waals surface area (Å²) >= 11 is 5.83. The molecule has 0 fully saturated rings. The van der Waals surface area contributed by atoms with Crippen molar-refractivity contribution >= 4 is 17.6 Å². The third-order valence-electron chi connectivity index (χ3n) is 3.00. The van der Waals surface area contributed by atoms with E-state index in [4.69, 9.17) is 11.6 Å². The quantitative estimate of drug-likeness (QED) is 0.572. The zero-order valence-electron chi connectivity index (χ0n) is 11.5. The van der Waals surface area contributed by atoms with Crippen molar-refractivity contribution in [1.29, 1.82) is 0 Å². The molecule has 1 aromatic rings. The van der Waals surface area contributed by atoms with Crippen molar-refractivity contribution in [2.75, 3.05) is 13.7 Å². The van der Waals surface area contributed by atoms with Crippen molar-refractivity contribution in [2.24, 2.45) is 0 Å². The molecule has 0 saturated heterocycles. The van der Waals surface area contributed by atoms with E-state index in [9.17, 15) is 9.90 Å². The van der Waals surface area contributed by atoms with E-state index in [1.165, 1.54) is 7.11 Å². The molecule has 1 rings (SSSR count). The highest BCUT2D eigenvalue weighted by atomic mass is 35.5. The van der Waals surface area contributed by atoms with Crippen molar-refractivity contribution < 1.29 is 14.6 Å². The van der Waals surface area contributed by atoms with Gasteiger partial charge in [0.05, 0.1) is 13.2 Å². The normalized spacial score (nSPS) is 13.6. The molecule has 0 bridgehead atoms. The molecule has 4 nitrogen and oxygen atoms in total. The molecule has 0 aromatic heterocycles. The average molecular weight is 298 g/mol. The second kappa shape index (κ2) is 8.74. The van der Waals surface area contributed by atoms with Gasteiger partial charge in [-0.1, -0.05) is 29.8 Å². The van der Waals surface area contributed by atoms with Crippen LogP contribution in [0.3, 0.4) is 0 Å². The smallest absolute Gasteiger partial charge is 0.305 e. The van der Waals surface area contributed by atoms with Gasteiger partial charge < -0.3 is 15.2 Å². The van der Waals surface area contributed by atoms with Gasteiger partial charge in [0.15, 0.2) is 0 Å². The number of esters is 1. The van der Waals surface area contributed by atoms with Gasteiger partial charge in [-0.25, -0.2) is 0 Å². The summed E-state index contributed by atoms with van der Waals surface area (Å²) in [4.78, 5) is 11.2. The molecule has 0 heterocycles. The van der Waals surface area contributed by atoms with E-state index < -0.39 is 6.10 Å². The first-order valence-electron chi connectivity index (χ1n) is 6.43. The Labute approximate surface area is 124 Å². The third-order valence-corrected chi connectivity index (χ3v) is 3.26. The minimum Gasteiger partial charge on any atom is -0.469 e. The molecule has 0 aliphatic carbocycles. The van der Waals surface area contributed by atoms with Crippen LogP contribution < -0.4 is 5.32 Å². The van der Waals surface area contributed by atoms with Crippen LogP contribution in [0.25, 0.3) is 0 Å². The first-order valence-corrected chi connectivity index (χ1v) is 6.81. The van der Waals surface area contributed by atoms with Crippen LogP contribution in [0.1, 0.15) is 24.5 Å². The van der Waals surface area contributed by atoms with Gasteiger partial charge in [0, 0.05) is 24.0 Å². The number of halogens is 1. The lowest BCUT2D eigenvalue weighted by molar-refractivity contribution is -0.141. The Morgan fingerprint density at radius 3 is 2.70 bits per heavy atom. The summed E-state index contributed by atoms with van der Waals surface area (Å²) in [6.07, 6.45) is 1.71. The third kappa shape index (κ3) is 5.33. The number of hydrogen-bond donors (Lipinski definition) is 2. The first-order chi connectivity index (χ1) is 9.58. The minimum atomic E-state index is -0.725. The highest BCUT2D eigenvalue weighted by molar-refractivity contribution is 6.30. The second-order valence-electron chi connectivity index (χ2n) is 4.41. The molecular formula is C15H20ClNO3. The highest BCUT2D eigenvalue weighted by Crippen LogP contribution is 2.22. The van der Waals surface area contributed by atoms with E-state index in [2.05, 4.69) is 16.6 Å². The number of nitrogens with one attached hydrogen (secondary N) is 1. The summed E-state index contributed by atoms with van der Waals surface area (Å²) in [5.74, 6) is -0.293. The molecule has 0 radical (unpaired) electrons. The van der Waals surface area contributed by atoms with Crippen LogP contribution in [0.15, 0.2) is 36.9 Å². The van der Waals surface area contributed by atoms with E-state index in [1.807, 2.05) is 0 Å². The molecular weight excluding hydrogens is 278 g/mol. The maximum atomic E-state index is 11.2. The minimum absolute atomic E-state index is 0.246. The maximum absolute atomic E-state index is 11.2. The van der Waals surface area contributed by atoms with Crippen LogP contribution >= 0.6 is 11.6 Å². The predicted octanol–water partition coefficient (Wildman–Crippen LogP) is 2.47. The summed E-state index contributed by atoms with van der Waals surface area (Å²) in [5.41, 5.74) is 0.751. The fourth-order valence-corrected chi connectivity index (χ4v) is 2.00. The van der Waals surface area contributed by atoms with Gasteiger partial charge in [-0.2, -0.15) is 0 Å². The number of benzene rings is 1. The van der Waals surface area contributed by atoms with Crippen molar-refractivity contribution in [3.8, 4) is 0 Å². The monoisotopic (exact) mass is 297 g/mol. The fraction of sp³-hybridized carbons (Fsp3) is 0.400. The molecule has 5 heteroatoms. The van der Waals surface area contributed by atoms with Gasteiger partial charge in [0.1, 0.15) is 0 Å². The maximum Gasteiger partial charge on any atom is 0.305 e. The zero-order chi connectivity index (χ0) is 15.0. The Morgan fingerprint density at radius 1 is 1.50 bits per heavy atom. The van der Waals surface area contributed by atoms with Crippen LogP contribution in [0.4, 0.5) is 0 Å². The zero-order valence-corrected chi connectivity index (χ0v) is 12.3. The lowest BCUT2D eigenvalue weighted by Gasteiger charge is -2.24. The Bertz CT molecular complexity index is 433. The molecule has 2 N–H and O–H groups in total. The van der Waals surface area contributed by atoms with Gasteiger partial charge in [0.25, 0.3) is 0 Å². The van der Waals surface area contributed by atoms with Crippen LogP contribution in [-0.2, 0) is 9.53 Å². The van der Waals surface area contributed by atoms with E-state index >= 15 is 0 Å². The standard InChI is InChI=1S/C15H20ClNO3/c1-3-10-17-13(8-9-14(18)20-2)15(19)11-4-6-12(16)7-5-11/h3-7,13,15,17,19H,1,8-10H2,2H3. The van der Waals surface area contributed by atoms with Gasteiger partial charge in [-0.15, -0.1) is 6.58 Å². The summed E-state index contributed by atoms with van der Waals surface area (Å²) in [6.45, 7) is 4.19. The Balaban J connectivity index is 2.72. The molecule has 0 aliphatic heterocycles. The topological polar surface area (TPSA) is 58.6 Å². The summed E-state index contributed by atoms with van der Waals surface area (Å²) < 4.78 is 4.62. The summed E-state index contributed by atoms with van der Waals surface area (Å²) in [5, 5.41) is 14.2. The van der Waals surface area contributed by atoms with Crippen molar-refractivity contribution in [3.63, 3.8) is 0 Å². The Kier molecular flexibility index (Phi) is 7.30. The van der Waals surface area contributed by atoms with Crippen molar-refractivity contribution in [1.82, 2.24) is 5.32 Å². The fourth-order valence-electron chi connectivity index (χ4n) is 1.87. The highest BCUT2D eigenvalue weighted by Gasteiger charge is 2.21.